The number of amides is 1. The molecule has 0 aliphatic rings. The normalized spacial score (nSPS) is 10.7. The molecule has 2 heterocycles. The van der Waals surface area contributed by atoms with Crippen molar-refractivity contribution in [1.82, 2.24) is 15.5 Å². The van der Waals surface area contributed by atoms with Gasteiger partial charge in [0.05, 0.1) is 11.4 Å². The van der Waals surface area contributed by atoms with E-state index in [9.17, 15) is 4.79 Å². The maximum Gasteiger partial charge on any atom is 0.246 e. The van der Waals surface area contributed by atoms with Crippen molar-refractivity contribution < 1.29 is 9.32 Å². The highest BCUT2D eigenvalue weighted by Gasteiger charge is 2.10. The van der Waals surface area contributed by atoms with E-state index in [2.05, 4.69) is 27.6 Å². The predicted octanol–water partition coefficient (Wildman–Crippen LogP) is 3.36. The molecular weight excluding hydrogens is 310 g/mol. The summed E-state index contributed by atoms with van der Waals surface area (Å²) in [6.45, 7) is 2.30. The first-order valence-corrected chi connectivity index (χ1v) is 8.27. The fourth-order valence-corrected chi connectivity index (χ4v) is 2.76. The van der Waals surface area contributed by atoms with Crippen molar-refractivity contribution in [3.05, 3.63) is 58.8 Å². The standard InChI is InChI=1S/C17H17N3O2S/c1-12-4-6-13(7-5-12)8-9-15(21)18-11-16-19-17(20-22-16)14-3-2-10-23-14/h2-7,10H,8-9,11H2,1H3,(H,18,21). The molecule has 1 aromatic carbocycles. The van der Waals surface area contributed by atoms with E-state index in [1.807, 2.05) is 36.6 Å². The van der Waals surface area contributed by atoms with Crippen LogP contribution in [0, 0.1) is 6.92 Å². The van der Waals surface area contributed by atoms with Crippen LogP contribution in [0.5, 0.6) is 0 Å². The second kappa shape index (κ2) is 7.19. The molecule has 2 aromatic heterocycles. The van der Waals surface area contributed by atoms with Crippen LogP contribution in [0.25, 0.3) is 10.7 Å². The monoisotopic (exact) mass is 327 g/mol. The number of hydrogen-bond donors (Lipinski definition) is 1. The van der Waals surface area contributed by atoms with Crippen LogP contribution in [0.2, 0.25) is 0 Å². The SMILES string of the molecule is Cc1ccc(CCC(=O)NCc2nc(-c3cccs3)no2)cc1. The third-order valence-electron chi connectivity index (χ3n) is 3.41. The molecule has 0 spiro atoms. The number of carbonyl (C=O) groups excluding carboxylic acids is 1. The number of nitrogens with one attached hydrogen (secondary N) is 1. The Balaban J connectivity index is 1.46. The lowest BCUT2D eigenvalue weighted by molar-refractivity contribution is -0.121. The van der Waals surface area contributed by atoms with Crippen LogP contribution < -0.4 is 5.32 Å². The Morgan fingerprint density at radius 3 is 2.83 bits per heavy atom. The number of carbonyl (C=O) groups is 1. The lowest BCUT2D eigenvalue weighted by atomic mass is 10.1. The molecule has 3 aromatic rings. The summed E-state index contributed by atoms with van der Waals surface area (Å²) in [6, 6.07) is 12.1. The van der Waals surface area contributed by atoms with E-state index in [0.29, 0.717) is 18.1 Å². The van der Waals surface area contributed by atoms with Crippen molar-refractivity contribution >= 4 is 17.2 Å². The number of aryl methyl sites for hydroxylation is 2. The lowest BCUT2D eigenvalue weighted by Gasteiger charge is -2.03. The summed E-state index contributed by atoms with van der Waals surface area (Å²) in [6.07, 6.45) is 1.16. The van der Waals surface area contributed by atoms with Crippen molar-refractivity contribution in [2.45, 2.75) is 26.3 Å². The minimum absolute atomic E-state index is 0.0264. The first-order valence-electron chi connectivity index (χ1n) is 7.39. The molecule has 5 nitrogen and oxygen atoms in total. The first kappa shape index (κ1) is 15.4. The number of hydrogen-bond acceptors (Lipinski definition) is 5. The van der Waals surface area contributed by atoms with E-state index in [-0.39, 0.29) is 12.5 Å². The Morgan fingerprint density at radius 1 is 1.26 bits per heavy atom. The first-order chi connectivity index (χ1) is 11.2. The molecule has 0 atom stereocenters. The van der Waals surface area contributed by atoms with Crippen molar-refractivity contribution in [2.24, 2.45) is 0 Å². The summed E-state index contributed by atoms with van der Waals surface area (Å²) >= 11 is 1.55. The van der Waals surface area contributed by atoms with Crippen LogP contribution in [-0.2, 0) is 17.8 Å². The lowest BCUT2D eigenvalue weighted by Crippen LogP contribution is -2.23. The molecule has 0 saturated heterocycles. The minimum atomic E-state index is -0.0264. The summed E-state index contributed by atoms with van der Waals surface area (Å²) in [4.78, 5) is 17.1. The molecule has 118 valence electrons. The Labute approximate surface area is 138 Å². The van der Waals surface area contributed by atoms with Crippen LogP contribution in [0.15, 0.2) is 46.3 Å². The van der Waals surface area contributed by atoms with Crippen LogP contribution in [-0.4, -0.2) is 16.0 Å². The summed E-state index contributed by atoms with van der Waals surface area (Å²) in [5.74, 6) is 0.947. The molecule has 0 bridgehead atoms. The predicted molar refractivity (Wildman–Crippen MR) is 89.0 cm³/mol. The smallest absolute Gasteiger partial charge is 0.246 e. The topological polar surface area (TPSA) is 68.0 Å². The third kappa shape index (κ3) is 4.26. The van der Waals surface area contributed by atoms with E-state index >= 15 is 0 Å². The van der Waals surface area contributed by atoms with Gasteiger partial charge in [-0.25, -0.2) is 0 Å². The zero-order chi connectivity index (χ0) is 16.1. The molecule has 1 amide bonds. The molecule has 0 saturated carbocycles. The van der Waals surface area contributed by atoms with E-state index in [0.717, 1.165) is 16.9 Å². The van der Waals surface area contributed by atoms with E-state index < -0.39 is 0 Å². The fraction of sp³-hybridized carbons (Fsp3) is 0.235. The van der Waals surface area contributed by atoms with Gasteiger partial charge >= 0.3 is 0 Å². The maximum absolute atomic E-state index is 11.9. The van der Waals surface area contributed by atoms with E-state index in [4.69, 9.17) is 4.52 Å². The van der Waals surface area contributed by atoms with Gasteiger partial charge in [-0.2, -0.15) is 4.98 Å². The second-order valence-electron chi connectivity index (χ2n) is 5.25. The molecular formula is C17H17N3O2S. The van der Waals surface area contributed by atoms with Gasteiger partial charge in [-0.05, 0) is 30.4 Å². The quantitative estimate of drug-likeness (QED) is 0.754. The van der Waals surface area contributed by atoms with Crippen molar-refractivity contribution in [1.29, 1.82) is 0 Å². The summed E-state index contributed by atoms with van der Waals surface area (Å²) in [7, 11) is 0. The van der Waals surface area contributed by atoms with Gasteiger partial charge in [-0.3, -0.25) is 4.79 Å². The molecule has 0 radical (unpaired) electrons. The molecule has 3 rings (SSSR count). The maximum atomic E-state index is 11.9. The van der Waals surface area contributed by atoms with Crippen LogP contribution in [0.1, 0.15) is 23.4 Å². The molecule has 0 aliphatic carbocycles. The van der Waals surface area contributed by atoms with Crippen molar-refractivity contribution in [3.8, 4) is 10.7 Å². The van der Waals surface area contributed by atoms with Crippen molar-refractivity contribution in [3.63, 3.8) is 0 Å². The number of aromatic nitrogens is 2. The number of thiophene rings is 1. The van der Waals surface area contributed by atoms with Gasteiger partial charge in [-0.1, -0.05) is 41.1 Å². The van der Waals surface area contributed by atoms with Crippen LogP contribution in [0.4, 0.5) is 0 Å². The average molecular weight is 327 g/mol. The van der Waals surface area contributed by atoms with E-state index in [1.54, 1.807) is 11.3 Å². The highest BCUT2D eigenvalue weighted by atomic mass is 32.1. The van der Waals surface area contributed by atoms with Gasteiger partial charge in [0, 0.05) is 6.42 Å². The molecule has 23 heavy (non-hydrogen) atoms. The van der Waals surface area contributed by atoms with Gasteiger partial charge in [0.25, 0.3) is 0 Å². The van der Waals surface area contributed by atoms with Crippen LogP contribution >= 0.6 is 11.3 Å². The Morgan fingerprint density at radius 2 is 2.09 bits per heavy atom. The molecule has 0 unspecified atom stereocenters. The van der Waals surface area contributed by atoms with Gasteiger partial charge < -0.3 is 9.84 Å². The molecule has 1 N–H and O–H groups in total. The van der Waals surface area contributed by atoms with Crippen LogP contribution in [0.3, 0.4) is 0 Å². The zero-order valence-corrected chi connectivity index (χ0v) is 13.6. The van der Waals surface area contributed by atoms with Gasteiger partial charge in [0.1, 0.15) is 0 Å². The van der Waals surface area contributed by atoms with Crippen molar-refractivity contribution in [2.75, 3.05) is 0 Å². The number of rotatable bonds is 6. The summed E-state index contributed by atoms with van der Waals surface area (Å²) in [5, 5.41) is 8.68. The van der Waals surface area contributed by atoms with Gasteiger partial charge in [0.15, 0.2) is 0 Å². The highest BCUT2D eigenvalue weighted by Crippen LogP contribution is 2.21. The van der Waals surface area contributed by atoms with Gasteiger partial charge in [0.2, 0.25) is 17.6 Å². The van der Waals surface area contributed by atoms with Gasteiger partial charge in [-0.15, -0.1) is 11.3 Å². The Kier molecular flexibility index (Phi) is 4.83. The number of benzene rings is 1. The average Bonchev–Trinajstić information content (AvgIpc) is 3.23. The molecule has 0 aliphatic heterocycles. The largest absolute Gasteiger partial charge is 0.347 e. The summed E-state index contributed by atoms with van der Waals surface area (Å²) in [5.41, 5.74) is 2.37. The van der Waals surface area contributed by atoms with E-state index in [1.165, 1.54) is 5.56 Å². The second-order valence-corrected chi connectivity index (χ2v) is 6.20. The zero-order valence-electron chi connectivity index (χ0n) is 12.8. The number of nitrogens with zero attached hydrogens (tertiary/aromatic N) is 2. The third-order valence-corrected chi connectivity index (χ3v) is 4.27. The molecule has 6 heteroatoms. The fourth-order valence-electron chi connectivity index (χ4n) is 2.11. The molecule has 0 fully saturated rings. The summed E-state index contributed by atoms with van der Waals surface area (Å²) < 4.78 is 5.15. The minimum Gasteiger partial charge on any atom is -0.347 e. The highest BCUT2D eigenvalue weighted by molar-refractivity contribution is 7.13. The Hall–Kier alpha value is -2.47. The Bertz CT molecular complexity index is 764.